The molecule has 0 atom stereocenters. The number of sulfonamides is 1. The van der Waals surface area contributed by atoms with Crippen molar-refractivity contribution in [3.63, 3.8) is 0 Å². The lowest BCUT2D eigenvalue weighted by atomic mass is 10.8. The topological polar surface area (TPSA) is 70.0 Å². The van der Waals surface area contributed by atoms with Crippen molar-refractivity contribution in [2.24, 2.45) is 0 Å². The lowest BCUT2D eigenvalue weighted by molar-refractivity contribution is 0.587. The van der Waals surface area contributed by atoms with E-state index in [2.05, 4.69) is 10.6 Å². The first-order valence-electron chi connectivity index (χ1n) is 3.48. The van der Waals surface area contributed by atoms with Gasteiger partial charge in [0.05, 0.1) is 11.8 Å². The Morgan fingerprint density at radius 3 is 2.77 bits per heavy atom. The summed E-state index contributed by atoms with van der Waals surface area (Å²) in [4.78, 5) is 0. The third-order valence-corrected chi connectivity index (χ3v) is 3.03. The minimum atomic E-state index is -3.39. The monoisotopic (exact) mass is 218 g/mol. The van der Waals surface area contributed by atoms with Crippen LogP contribution >= 0.6 is 11.8 Å². The molecular weight excluding hydrogens is 208 g/mol. The quantitative estimate of drug-likeness (QED) is 0.495. The first-order chi connectivity index (χ1) is 6.12. The zero-order chi connectivity index (χ0) is 10.2. The number of nitriles is 1. The number of rotatable bonds is 6. The lowest BCUT2D eigenvalue weighted by Gasteiger charge is -2.01. The zero-order valence-corrected chi connectivity index (χ0v) is 8.62. The summed E-state index contributed by atoms with van der Waals surface area (Å²) < 4.78 is 24.0. The Bertz CT molecular complexity index is 310. The molecule has 13 heavy (non-hydrogen) atoms. The van der Waals surface area contributed by atoms with Crippen molar-refractivity contribution in [3.05, 3.63) is 0 Å². The minimum Gasteiger partial charge on any atom is -0.214 e. The molecule has 0 radical (unpaired) electrons. The number of hydrogen-bond acceptors (Lipinski definition) is 4. The Morgan fingerprint density at radius 1 is 1.54 bits per heavy atom. The molecule has 0 saturated carbocycles. The summed E-state index contributed by atoms with van der Waals surface area (Å²) in [5, 5.41) is 8.14. The maximum Gasteiger partial charge on any atom is 0.225 e. The van der Waals surface area contributed by atoms with Gasteiger partial charge in [-0.05, 0) is 0 Å². The molecule has 0 rings (SSSR count). The van der Waals surface area contributed by atoms with Crippen LogP contribution in [-0.4, -0.2) is 32.2 Å². The maximum absolute atomic E-state index is 10.9. The molecule has 0 saturated heterocycles. The van der Waals surface area contributed by atoms with E-state index in [-0.39, 0.29) is 0 Å². The van der Waals surface area contributed by atoms with Crippen molar-refractivity contribution in [1.82, 2.24) is 4.72 Å². The third kappa shape index (κ3) is 7.66. The van der Waals surface area contributed by atoms with Crippen molar-refractivity contribution in [2.45, 2.75) is 0 Å². The van der Waals surface area contributed by atoms with E-state index in [1.165, 1.54) is 11.8 Å². The molecular formula is C7H10N2O2S2. The second-order valence-corrected chi connectivity index (χ2v) is 4.98. The van der Waals surface area contributed by atoms with Gasteiger partial charge in [-0.2, -0.15) is 5.26 Å². The van der Waals surface area contributed by atoms with E-state index in [0.29, 0.717) is 18.1 Å². The van der Waals surface area contributed by atoms with Gasteiger partial charge in [0.1, 0.15) is 0 Å². The van der Waals surface area contributed by atoms with Gasteiger partial charge in [0.25, 0.3) is 0 Å². The molecule has 0 amide bonds. The zero-order valence-electron chi connectivity index (χ0n) is 6.99. The summed E-state index contributed by atoms with van der Waals surface area (Å²) in [7, 11) is -3.39. The average molecular weight is 218 g/mol. The SMILES string of the molecule is C#CCSCCNS(=O)(=O)CC#N. The Morgan fingerprint density at radius 2 is 2.23 bits per heavy atom. The molecule has 0 aromatic heterocycles. The number of hydrogen-bond donors (Lipinski definition) is 1. The van der Waals surface area contributed by atoms with Gasteiger partial charge in [0.2, 0.25) is 10.0 Å². The molecule has 0 spiro atoms. The number of thioether (sulfide) groups is 1. The van der Waals surface area contributed by atoms with Gasteiger partial charge in [-0.1, -0.05) is 5.92 Å². The van der Waals surface area contributed by atoms with Gasteiger partial charge in [-0.25, -0.2) is 13.1 Å². The Hall–Kier alpha value is -0.690. The predicted molar refractivity (Wildman–Crippen MR) is 53.6 cm³/mol. The molecule has 0 unspecified atom stereocenters. The van der Waals surface area contributed by atoms with Crippen LogP contribution in [0.5, 0.6) is 0 Å². The summed E-state index contributed by atoms with van der Waals surface area (Å²) in [6.07, 6.45) is 4.99. The van der Waals surface area contributed by atoms with Crippen LogP contribution in [0.4, 0.5) is 0 Å². The second kappa shape index (κ2) is 6.79. The molecule has 4 nitrogen and oxygen atoms in total. The van der Waals surface area contributed by atoms with Gasteiger partial charge < -0.3 is 0 Å². The number of nitrogens with one attached hydrogen (secondary N) is 1. The summed E-state index contributed by atoms with van der Waals surface area (Å²) in [6, 6.07) is 1.57. The lowest BCUT2D eigenvalue weighted by Crippen LogP contribution is -2.27. The van der Waals surface area contributed by atoms with E-state index in [4.69, 9.17) is 11.7 Å². The van der Waals surface area contributed by atoms with E-state index in [1.807, 2.05) is 0 Å². The van der Waals surface area contributed by atoms with E-state index in [1.54, 1.807) is 6.07 Å². The van der Waals surface area contributed by atoms with Crippen LogP contribution in [0.25, 0.3) is 0 Å². The van der Waals surface area contributed by atoms with Crippen molar-refractivity contribution in [1.29, 1.82) is 5.26 Å². The molecule has 6 heteroatoms. The molecule has 0 fully saturated rings. The van der Waals surface area contributed by atoms with E-state index >= 15 is 0 Å². The van der Waals surface area contributed by atoms with Gasteiger partial charge in [0.15, 0.2) is 5.75 Å². The van der Waals surface area contributed by atoms with Crippen LogP contribution in [0.1, 0.15) is 0 Å². The van der Waals surface area contributed by atoms with E-state index in [9.17, 15) is 8.42 Å². The van der Waals surface area contributed by atoms with Crippen LogP contribution in [0.3, 0.4) is 0 Å². The highest BCUT2D eigenvalue weighted by Gasteiger charge is 2.06. The van der Waals surface area contributed by atoms with Crippen LogP contribution in [0.15, 0.2) is 0 Å². The third-order valence-electron chi connectivity index (χ3n) is 1.01. The van der Waals surface area contributed by atoms with Gasteiger partial charge in [-0.15, -0.1) is 18.2 Å². The molecule has 0 aromatic rings. The Kier molecular flexibility index (Phi) is 6.43. The van der Waals surface area contributed by atoms with E-state index < -0.39 is 15.8 Å². The fourth-order valence-electron chi connectivity index (χ4n) is 0.536. The minimum absolute atomic E-state index is 0.316. The van der Waals surface area contributed by atoms with E-state index in [0.717, 1.165) is 0 Å². The molecule has 0 heterocycles. The van der Waals surface area contributed by atoms with Gasteiger partial charge in [0, 0.05) is 12.3 Å². The average Bonchev–Trinajstić information content (AvgIpc) is 2.04. The highest BCUT2D eigenvalue weighted by molar-refractivity contribution is 7.99. The van der Waals surface area contributed by atoms with Crippen LogP contribution in [0.2, 0.25) is 0 Å². The summed E-state index contributed by atoms with van der Waals surface area (Å²) in [5.74, 6) is 3.12. The molecule has 1 N–H and O–H groups in total. The molecule has 0 aromatic carbocycles. The molecule has 72 valence electrons. The predicted octanol–water partition coefficient (Wildman–Crippen LogP) is -0.204. The van der Waals surface area contributed by atoms with Crippen LogP contribution in [-0.2, 0) is 10.0 Å². The Balaban J connectivity index is 3.55. The summed E-state index contributed by atoms with van der Waals surface area (Å²) in [5.41, 5.74) is 0. The maximum atomic E-state index is 10.9. The first-order valence-corrected chi connectivity index (χ1v) is 6.28. The van der Waals surface area contributed by atoms with Crippen LogP contribution < -0.4 is 4.72 Å². The van der Waals surface area contributed by atoms with Gasteiger partial charge >= 0.3 is 0 Å². The first kappa shape index (κ1) is 12.3. The molecule has 0 aliphatic rings. The molecule has 0 aliphatic heterocycles. The normalized spacial score (nSPS) is 10.3. The fraction of sp³-hybridized carbons (Fsp3) is 0.571. The number of terminal acetylenes is 1. The highest BCUT2D eigenvalue weighted by atomic mass is 32.2. The molecule has 0 bridgehead atoms. The van der Waals surface area contributed by atoms with Gasteiger partial charge in [-0.3, -0.25) is 0 Å². The fourth-order valence-corrected chi connectivity index (χ4v) is 1.86. The van der Waals surface area contributed by atoms with Crippen molar-refractivity contribution < 1.29 is 8.42 Å². The second-order valence-electron chi connectivity index (χ2n) is 2.07. The standard InChI is InChI=1S/C7H10N2O2S2/c1-2-5-12-6-4-9-13(10,11)7-3-8/h1,9H,4-7H2. The smallest absolute Gasteiger partial charge is 0.214 e. The highest BCUT2D eigenvalue weighted by Crippen LogP contribution is 1.95. The Labute approximate surface area is 82.8 Å². The largest absolute Gasteiger partial charge is 0.225 e. The number of nitrogens with zero attached hydrogens (tertiary/aromatic N) is 1. The summed E-state index contributed by atoms with van der Waals surface area (Å²) >= 11 is 1.47. The van der Waals surface area contributed by atoms with Crippen LogP contribution in [0, 0.1) is 23.7 Å². The van der Waals surface area contributed by atoms with Crippen molar-refractivity contribution >= 4 is 21.8 Å². The van der Waals surface area contributed by atoms with Crippen molar-refractivity contribution in [2.75, 3.05) is 23.8 Å². The summed E-state index contributed by atoms with van der Waals surface area (Å²) in [6.45, 7) is 0.316. The van der Waals surface area contributed by atoms with Crippen molar-refractivity contribution in [3.8, 4) is 18.4 Å². The molecule has 0 aliphatic carbocycles.